The highest BCUT2D eigenvalue weighted by molar-refractivity contribution is 6.05. The van der Waals surface area contributed by atoms with E-state index < -0.39 is 5.91 Å². The van der Waals surface area contributed by atoms with E-state index in [-0.39, 0.29) is 5.91 Å². The number of nitrogens with zero attached hydrogens (tertiary/aromatic N) is 4. The van der Waals surface area contributed by atoms with Crippen LogP contribution in [0.2, 0.25) is 0 Å². The number of carbonyl (C=O) groups excluding carboxylic acids is 2. The van der Waals surface area contributed by atoms with Crippen molar-refractivity contribution in [1.82, 2.24) is 24.8 Å². The van der Waals surface area contributed by atoms with Crippen molar-refractivity contribution in [2.75, 3.05) is 39.3 Å². The van der Waals surface area contributed by atoms with Crippen molar-refractivity contribution in [3.8, 4) is 5.75 Å². The molecule has 3 aromatic heterocycles. The second kappa shape index (κ2) is 11.0. The van der Waals surface area contributed by atoms with Crippen LogP contribution in [0.1, 0.15) is 47.5 Å². The van der Waals surface area contributed by atoms with Crippen LogP contribution in [-0.4, -0.2) is 75.9 Å². The number of H-pyrrole nitrogens is 1. The lowest BCUT2D eigenvalue weighted by atomic mass is 9.87. The molecule has 1 unspecified atom stereocenters. The average molecular weight is 527 g/mol. The Morgan fingerprint density at radius 2 is 1.85 bits per heavy atom. The fourth-order valence-corrected chi connectivity index (χ4v) is 6.07. The zero-order valence-corrected chi connectivity index (χ0v) is 22.0. The van der Waals surface area contributed by atoms with Gasteiger partial charge in [0, 0.05) is 47.7 Å². The number of carbonyl (C=O) groups is 2. The van der Waals surface area contributed by atoms with E-state index in [2.05, 4.69) is 32.0 Å². The third-order valence-corrected chi connectivity index (χ3v) is 8.21. The van der Waals surface area contributed by atoms with E-state index in [0.29, 0.717) is 36.3 Å². The van der Waals surface area contributed by atoms with Crippen molar-refractivity contribution >= 4 is 33.8 Å². The molecule has 202 valence electrons. The standard InChI is InChI=1S/C30H34N6O3/c31-29(38)22-3-5-23(6-4-22)39-19-20-2-1-13-36(17-20)27(37)18-35-14-9-21(10-15-35)24-7-11-32-26-16-34-30-25(28(24)26)8-12-33-30/h3-8,11-12,16,20-21H,1-2,9-10,13-15,17-19H2,(H2,31,38)(H,33,34). The first kappa shape index (κ1) is 25.3. The van der Waals surface area contributed by atoms with Crippen molar-refractivity contribution < 1.29 is 14.3 Å². The van der Waals surface area contributed by atoms with Gasteiger partial charge in [0.25, 0.3) is 0 Å². The second-order valence-corrected chi connectivity index (χ2v) is 10.8. The minimum Gasteiger partial charge on any atom is -0.493 e. The number of nitrogens with one attached hydrogen (secondary N) is 1. The number of aromatic amines is 1. The minimum absolute atomic E-state index is 0.207. The first-order chi connectivity index (χ1) is 19.0. The molecule has 4 aromatic rings. The van der Waals surface area contributed by atoms with Gasteiger partial charge in [-0.1, -0.05) is 0 Å². The molecule has 2 fully saturated rings. The van der Waals surface area contributed by atoms with Crippen molar-refractivity contribution in [2.24, 2.45) is 11.7 Å². The maximum absolute atomic E-state index is 13.2. The molecular formula is C30H34N6O3. The van der Waals surface area contributed by atoms with Crippen molar-refractivity contribution in [1.29, 1.82) is 0 Å². The van der Waals surface area contributed by atoms with Crippen LogP contribution >= 0.6 is 0 Å². The maximum Gasteiger partial charge on any atom is 0.248 e. The van der Waals surface area contributed by atoms with E-state index in [1.807, 2.05) is 23.5 Å². The number of hydrogen-bond acceptors (Lipinski definition) is 6. The van der Waals surface area contributed by atoms with Crippen LogP contribution in [0.15, 0.2) is 55.0 Å². The quantitative estimate of drug-likeness (QED) is 0.379. The first-order valence-electron chi connectivity index (χ1n) is 13.8. The average Bonchev–Trinajstić information content (AvgIpc) is 3.46. The Hall–Kier alpha value is -3.98. The molecule has 2 amide bonds. The van der Waals surface area contributed by atoms with Crippen molar-refractivity contribution in [2.45, 2.75) is 31.6 Å². The lowest BCUT2D eigenvalue weighted by Crippen LogP contribution is -2.47. The van der Waals surface area contributed by atoms with E-state index in [0.717, 1.165) is 68.4 Å². The predicted molar refractivity (Wildman–Crippen MR) is 150 cm³/mol. The maximum atomic E-state index is 13.2. The molecule has 9 nitrogen and oxygen atoms in total. The SMILES string of the molecule is NC(=O)c1ccc(OCC2CCCN(C(=O)CN3CCC(c4ccnc5cnc6[nH]ccc6c45)CC3)C2)cc1. The Morgan fingerprint density at radius 3 is 2.64 bits per heavy atom. The molecule has 0 bridgehead atoms. The summed E-state index contributed by atoms with van der Waals surface area (Å²) in [6.07, 6.45) is 9.74. The topological polar surface area (TPSA) is 117 Å². The smallest absolute Gasteiger partial charge is 0.248 e. The van der Waals surface area contributed by atoms with Gasteiger partial charge in [0.2, 0.25) is 11.8 Å². The second-order valence-electron chi connectivity index (χ2n) is 10.8. The molecule has 2 saturated heterocycles. The molecular weight excluding hydrogens is 492 g/mol. The van der Waals surface area contributed by atoms with E-state index in [1.165, 1.54) is 10.9 Å². The third kappa shape index (κ3) is 5.45. The van der Waals surface area contributed by atoms with E-state index in [9.17, 15) is 9.59 Å². The van der Waals surface area contributed by atoms with Crippen LogP contribution in [0.3, 0.4) is 0 Å². The Balaban J connectivity index is 1.02. The molecule has 2 aliphatic heterocycles. The lowest BCUT2D eigenvalue weighted by Gasteiger charge is -2.36. The Labute approximate surface area is 227 Å². The van der Waals surface area contributed by atoms with Gasteiger partial charge in [-0.2, -0.15) is 0 Å². The van der Waals surface area contributed by atoms with Crippen molar-refractivity contribution in [3.63, 3.8) is 0 Å². The normalized spacial score (nSPS) is 19.0. The van der Waals surface area contributed by atoms with Crippen molar-refractivity contribution in [3.05, 3.63) is 66.1 Å². The van der Waals surface area contributed by atoms with Gasteiger partial charge in [0.15, 0.2) is 0 Å². The summed E-state index contributed by atoms with van der Waals surface area (Å²) in [5.41, 5.74) is 8.93. The molecule has 0 radical (unpaired) electrons. The number of rotatable bonds is 7. The van der Waals surface area contributed by atoms with Gasteiger partial charge in [0.05, 0.1) is 24.9 Å². The number of hydrogen-bond donors (Lipinski definition) is 2. The van der Waals surface area contributed by atoms with E-state index in [1.54, 1.807) is 24.3 Å². The molecule has 9 heteroatoms. The van der Waals surface area contributed by atoms with Gasteiger partial charge in [-0.3, -0.25) is 19.5 Å². The number of ether oxygens (including phenoxy) is 1. The van der Waals surface area contributed by atoms with Gasteiger partial charge in [0.1, 0.15) is 11.4 Å². The van der Waals surface area contributed by atoms with Gasteiger partial charge >= 0.3 is 0 Å². The summed E-state index contributed by atoms with van der Waals surface area (Å²) >= 11 is 0. The molecule has 6 rings (SSSR count). The summed E-state index contributed by atoms with van der Waals surface area (Å²) in [5.74, 6) is 1.20. The van der Waals surface area contributed by atoms with E-state index >= 15 is 0 Å². The number of fused-ring (bicyclic) bond motifs is 3. The largest absolute Gasteiger partial charge is 0.493 e. The Morgan fingerprint density at radius 1 is 1.03 bits per heavy atom. The highest BCUT2D eigenvalue weighted by Crippen LogP contribution is 2.35. The summed E-state index contributed by atoms with van der Waals surface area (Å²) < 4.78 is 5.95. The summed E-state index contributed by atoms with van der Waals surface area (Å²) in [6, 6.07) is 11.1. The number of benzene rings is 1. The van der Waals surface area contributed by atoms with Crippen LogP contribution in [0.25, 0.3) is 21.9 Å². The van der Waals surface area contributed by atoms with Gasteiger partial charge in [-0.15, -0.1) is 0 Å². The van der Waals surface area contributed by atoms with Crippen LogP contribution in [0.4, 0.5) is 0 Å². The van der Waals surface area contributed by atoms with Gasteiger partial charge in [-0.25, -0.2) is 4.98 Å². The monoisotopic (exact) mass is 526 g/mol. The highest BCUT2D eigenvalue weighted by Gasteiger charge is 2.28. The summed E-state index contributed by atoms with van der Waals surface area (Å²) in [4.78, 5) is 41.0. The molecule has 5 heterocycles. The number of nitrogens with two attached hydrogens (primary N) is 1. The highest BCUT2D eigenvalue weighted by atomic mass is 16.5. The predicted octanol–water partition coefficient (Wildman–Crippen LogP) is 3.71. The summed E-state index contributed by atoms with van der Waals surface area (Å²) in [6.45, 7) is 4.36. The number of pyridine rings is 2. The first-order valence-corrected chi connectivity index (χ1v) is 13.8. The van der Waals surface area contributed by atoms with E-state index in [4.69, 9.17) is 10.5 Å². The summed E-state index contributed by atoms with van der Waals surface area (Å²) in [7, 11) is 0. The molecule has 1 aromatic carbocycles. The Bertz CT molecular complexity index is 1480. The van der Waals surface area contributed by atoms with Crippen LogP contribution < -0.4 is 10.5 Å². The van der Waals surface area contributed by atoms with Crippen LogP contribution in [-0.2, 0) is 4.79 Å². The zero-order valence-electron chi connectivity index (χ0n) is 22.0. The summed E-state index contributed by atoms with van der Waals surface area (Å²) in [5, 5.41) is 2.32. The molecule has 0 spiro atoms. The minimum atomic E-state index is -0.450. The number of likely N-dealkylation sites (tertiary alicyclic amines) is 2. The molecule has 2 aliphatic rings. The fourth-order valence-electron chi connectivity index (χ4n) is 6.07. The fraction of sp³-hybridized carbons (Fsp3) is 0.400. The zero-order chi connectivity index (χ0) is 26.8. The number of primary amides is 1. The molecule has 3 N–H and O–H groups in total. The molecule has 1 atom stereocenters. The molecule has 0 saturated carbocycles. The van der Waals surface area contributed by atoms with Gasteiger partial charge in [-0.05, 0) is 86.7 Å². The van der Waals surface area contributed by atoms with Crippen LogP contribution in [0, 0.1) is 5.92 Å². The van der Waals surface area contributed by atoms with Gasteiger partial charge < -0.3 is 20.4 Å². The molecule has 39 heavy (non-hydrogen) atoms. The molecule has 0 aliphatic carbocycles. The number of piperidine rings is 2. The number of amides is 2. The Kier molecular flexibility index (Phi) is 7.15. The third-order valence-electron chi connectivity index (χ3n) is 8.21. The van der Waals surface area contributed by atoms with Crippen LogP contribution in [0.5, 0.6) is 5.75 Å². The lowest BCUT2D eigenvalue weighted by molar-refractivity contribution is -0.134. The number of aromatic nitrogens is 3.